The van der Waals surface area contributed by atoms with E-state index in [4.69, 9.17) is 4.74 Å². The molecule has 1 saturated carbocycles. The number of allylic oxidation sites excluding steroid dienone is 1. The Kier molecular flexibility index (Phi) is 10.7. The predicted octanol–water partition coefficient (Wildman–Crippen LogP) is 5.37. The van der Waals surface area contributed by atoms with Gasteiger partial charge in [-0.05, 0) is 37.7 Å². The molecule has 0 aliphatic heterocycles. The molecule has 1 aliphatic rings. The second-order valence-corrected chi connectivity index (χ2v) is 6.76. The molecule has 0 saturated heterocycles. The lowest BCUT2D eigenvalue weighted by Crippen LogP contribution is -2.16. The van der Waals surface area contributed by atoms with Gasteiger partial charge in [0.25, 0.3) is 0 Å². The summed E-state index contributed by atoms with van der Waals surface area (Å²) < 4.78 is 5.65. The van der Waals surface area contributed by atoms with Crippen LogP contribution in [0.1, 0.15) is 90.9 Å². The third-order valence-corrected chi connectivity index (χ3v) is 4.49. The van der Waals surface area contributed by atoms with Crippen LogP contribution in [0.4, 0.5) is 0 Å². The van der Waals surface area contributed by atoms with Crippen molar-refractivity contribution >= 4 is 11.8 Å². The van der Waals surface area contributed by atoms with Gasteiger partial charge >= 0.3 is 5.97 Å². The average Bonchev–Trinajstić information content (AvgIpc) is 2.95. The molecule has 0 spiro atoms. The molecule has 0 N–H and O–H groups in total. The average molecular weight is 322 g/mol. The van der Waals surface area contributed by atoms with Crippen molar-refractivity contribution in [2.75, 3.05) is 0 Å². The molecule has 0 radical (unpaired) electrons. The van der Waals surface area contributed by atoms with E-state index in [1.54, 1.807) is 0 Å². The summed E-state index contributed by atoms with van der Waals surface area (Å²) in [6.45, 7) is 4.34. The molecule has 0 aromatic rings. The first-order valence-electron chi connectivity index (χ1n) is 9.55. The maximum atomic E-state index is 12.0. The van der Waals surface area contributed by atoms with Crippen LogP contribution in [-0.2, 0) is 14.3 Å². The maximum Gasteiger partial charge on any atom is 0.306 e. The molecule has 3 nitrogen and oxygen atoms in total. The summed E-state index contributed by atoms with van der Waals surface area (Å²) >= 11 is 0. The second kappa shape index (κ2) is 12.3. The minimum absolute atomic E-state index is 0.0743. The third kappa shape index (κ3) is 9.58. The van der Waals surface area contributed by atoms with E-state index in [9.17, 15) is 9.59 Å². The van der Waals surface area contributed by atoms with Gasteiger partial charge in [0, 0.05) is 19.3 Å². The highest BCUT2D eigenvalue weighted by molar-refractivity contribution is 5.80. The molecule has 0 aromatic carbocycles. The largest absolute Gasteiger partial charge is 0.458 e. The van der Waals surface area contributed by atoms with Gasteiger partial charge in [-0.1, -0.05) is 52.0 Å². The highest BCUT2D eigenvalue weighted by Crippen LogP contribution is 2.24. The van der Waals surface area contributed by atoms with Crippen LogP contribution in [-0.4, -0.2) is 17.9 Å². The summed E-state index contributed by atoms with van der Waals surface area (Å²) in [5, 5.41) is 0. The first-order valence-corrected chi connectivity index (χ1v) is 9.55. The molecular formula is C20H34O3. The van der Waals surface area contributed by atoms with Gasteiger partial charge in [-0.15, -0.1) is 0 Å². The van der Waals surface area contributed by atoms with Crippen LogP contribution in [0.15, 0.2) is 12.2 Å². The van der Waals surface area contributed by atoms with Gasteiger partial charge in [-0.2, -0.15) is 0 Å². The van der Waals surface area contributed by atoms with E-state index >= 15 is 0 Å². The van der Waals surface area contributed by atoms with Crippen LogP contribution >= 0.6 is 0 Å². The number of carbonyl (C=O) groups is 2. The van der Waals surface area contributed by atoms with Crippen molar-refractivity contribution in [2.45, 2.75) is 97.0 Å². The number of rotatable bonds is 12. The standard InChI is InChI=1S/C20H34O3/c1-3-5-7-9-11-20(22)23-19(10-8-6-4-2)15-13-17-12-14-18(21)16-17/h13,15,17,19H,3-12,14,16H2,1-2H3/t17?,19-/m0/s1. The maximum absolute atomic E-state index is 12.0. The SMILES string of the molecule is CCCCCCC(=O)O[C@H](C=CC1CCC(=O)C1)CCCCC. The topological polar surface area (TPSA) is 43.4 Å². The van der Waals surface area contributed by atoms with Crippen molar-refractivity contribution in [3.8, 4) is 0 Å². The Morgan fingerprint density at radius 1 is 1.17 bits per heavy atom. The molecule has 0 amide bonds. The summed E-state index contributed by atoms with van der Waals surface area (Å²) in [6, 6.07) is 0. The van der Waals surface area contributed by atoms with E-state index in [2.05, 4.69) is 19.9 Å². The zero-order chi connectivity index (χ0) is 16.9. The molecule has 3 heteroatoms. The number of ketones is 1. The lowest BCUT2D eigenvalue weighted by Gasteiger charge is -2.15. The highest BCUT2D eigenvalue weighted by Gasteiger charge is 2.20. The molecule has 0 aromatic heterocycles. The highest BCUT2D eigenvalue weighted by atomic mass is 16.5. The van der Waals surface area contributed by atoms with Crippen LogP contribution in [0.5, 0.6) is 0 Å². The van der Waals surface area contributed by atoms with Crippen LogP contribution in [0.3, 0.4) is 0 Å². The second-order valence-electron chi connectivity index (χ2n) is 6.76. The fourth-order valence-electron chi connectivity index (χ4n) is 3.00. The van der Waals surface area contributed by atoms with Crippen molar-refractivity contribution < 1.29 is 14.3 Å². The third-order valence-electron chi connectivity index (χ3n) is 4.49. The minimum Gasteiger partial charge on any atom is -0.458 e. The Bertz CT molecular complexity index is 373. The van der Waals surface area contributed by atoms with Gasteiger partial charge in [0.05, 0.1) is 0 Å². The molecule has 23 heavy (non-hydrogen) atoms. The number of Topliss-reactive ketones (excluding diaryl/α,β-unsaturated/α-hetero) is 1. The lowest BCUT2D eigenvalue weighted by atomic mass is 10.0. The quantitative estimate of drug-likeness (QED) is 0.275. The van der Waals surface area contributed by atoms with E-state index in [-0.39, 0.29) is 12.1 Å². The van der Waals surface area contributed by atoms with E-state index in [0.29, 0.717) is 31.0 Å². The van der Waals surface area contributed by atoms with Gasteiger partial charge in [0.15, 0.2) is 0 Å². The Balaban J connectivity index is 2.39. The Morgan fingerprint density at radius 3 is 2.57 bits per heavy atom. The van der Waals surface area contributed by atoms with E-state index in [1.165, 1.54) is 25.7 Å². The number of hydrogen-bond acceptors (Lipinski definition) is 3. The summed E-state index contributed by atoms with van der Waals surface area (Å²) in [5.74, 6) is 0.629. The summed E-state index contributed by atoms with van der Waals surface area (Å²) in [7, 11) is 0. The summed E-state index contributed by atoms with van der Waals surface area (Å²) in [4.78, 5) is 23.3. The van der Waals surface area contributed by atoms with Crippen LogP contribution in [0.2, 0.25) is 0 Å². The van der Waals surface area contributed by atoms with E-state index in [0.717, 1.165) is 32.1 Å². The minimum atomic E-state index is -0.115. The molecule has 0 bridgehead atoms. The fourth-order valence-corrected chi connectivity index (χ4v) is 3.00. The molecule has 1 fully saturated rings. The number of hydrogen-bond donors (Lipinski definition) is 0. The molecule has 1 aliphatic carbocycles. The molecule has 2 atom stereocenters. The van der Waals surface area contributed by atoms with Crippen LogP contribution < -0.4 is 0 Å². The first-order chi connectivity index (χ1) is 11.2. The number of ether oxygens (including phenoxy) is 1. The van der Waals surface area contributed by atoms with Crippen LogP contribution in [0.25, 0.3) is 0 Å². The number of carbonyl (C=O) groups excluding carboxylic acids is 2. The molecule has 0 heterocycles. The Labute approximate surface area is 141 Å². The van der Waals surface area contributed by atoms with Crippen molar-refractivity contribution in [2.24, 2.45) is 5.92 Å². The number of unbranched alkanes of at least 4 members (excludes halogenated alkanes) is 5. The smallest absolute Gasteiger partial charge is 0.306 e. The van der Waals surface area contributed by atoms with Crippen molar-refractivity contribution in [1.29, 1.82) is 0 Å². The summed E-state index contributed by atoms with van der Waals surface area (Å²) in [5.41, 5.74) is 0. The molecule has 1 unspecified atom stereocenters. The van der Waals surface area contributed by atoms with Crippen molar-refractivity contribution in [1.82, 2.24) is 0 Å². The molecule has 132 valence electrons. The normalized spacial score (nSPS) is 19.4. The van der Waals surface area contributed by atoms with E-state index in [1.807, 2.05) is 6.08 Å². The number of esters is 1. The van der Waals surface area contributed by atoms with Crippen molar-refractivity contribution in [3.05, 3.63) is 12.2 Å². The van der Waals surface area contributed by atoms with Gasteiger partial charge in [-0.3, -0.25) is 9.59 Å². The Hall–Kier alpha value is -1.12. The fraction of sp³-hybridized carbons (Fsp3) is 0.800. The first kappa shape index (κ1) is 19.9. The summed E-state index contributed by atoms with van der Waals surface area (Å²) in [6.07, 6.45) is 15.5. The van der Waals surface area contributed by atoms with E-state index < -0.39 is 0 Å². The zero-order valence-corrected chi connectivity index (χ0v) is 15.0. The zero-order valence-electron chi connectivity index (χ0n) is 15.0. The lowest BCUT2D eigenvalue weighted by molar-refractivity contribution is -0.147. The van der Waals surface area contributed by atoms with Gasteiger partial charge in [-0.25, -0.2) is 0 Å². The van der Waals surface area contributed by atoms with Crippen LogP contribution in [0, 0.1) is 5.92 Å². The predicted molar refractivity (Wildman–Crippen MR) is 94.3 cm³/mol. The molecular weight excluding hydrogens is 288 g/mol. The molecule has 1 rings (SSSR count). The van der Waals surface area contributed by atoms with Gasteiger partial charge < -0.3 is 4.74 Å². The van der Waals surface area contributed by atoms with Gasteiger partial charge in [0.1, 0.15) is 11.9 Å². The Morgan fingerprint density at radius 2 is 1.91 bits per heavy atom. The monoisotopic (exact) mass is 322 g/mol. The van der Waals surface area contributed by atoms with Crippen molar-refractivity contribution in [3.63, 3.8) is 0 Å². The van der Waals surface area contributed by atoms with Gasteiger partial charge in [0.2, 0.25) is 0 Å².